The number of halogens is 2. The minimum Gasteiger partial charge on any atom is -0.491 e. The summed E-state index contributed by atoms with van der Waals surface area (Å²) in [5, 5.41) is 2.33. The predicted octanol–water partition coefficient (Wildman–Crippen LogP) is 7.04. The summed E-state index contributed by atoms with van der Waals surface area (Å²) in [6.07, 6.45) is 0.252. The number of fused-ring (bicyclic) bond motifs is 3. The minimum absolute atomic E-state index is 0.364. The van der Waals surface area contributed by atoms with E-state index in [4.69, 9.17) is 37.4 Å². The van der Waals surface area contributed by atoms with Crippen molar-refractivity contribution in [3.05, 3.63) is 93.6 Å². The molecular formula is C28H26Cl2N2O4. The van der Waals surface area contributed by atoms with Crippen LogP contribution in [0.1, 0.15) is 29.8 Å². The molecular weight excluding hydrogens is 499 g/mol. The van der Waals surface area contributed by atoms with Crippen LogP contribution in [0.3, 0.4) is 0 Å². The van der Waals surface area contributed by atoms with Crippen molar-refractivity contribution in [1.29, 1.82) is 0 Å². The molecule has 1 aromatic heterocycles. The molecule has 4 aromatic rings. The van der Waals surface area contributed by atoms with Gasteiger partial charge in [-0.2, -0.15) is 0 Å². The third kappa shape index (κ3) is 5.16. The van der Waals surface area contributed by atoms with Gasteiger partial charge in [-0.15, -0.1) is 0 Å². The number of carbonyl (C=O) groups excluding carboxylic acids is 1. The molecule has 1 amide bonds. The lowest BCUT2D eigenvalue weighted by Gasteiger charge is -2.35. The number of aromatic nitrogens is 1. The van der Waals surface area contributed by atoms with Crippen LogP contribution in [0.25, 0.3) is 10.9 Å². The zero-order valence-corrected chi connectivity index (χ0v) is 21.3. The monoisotopic (exact) mass is 524 g/mol. The molecule has 0 spiro atoms. The zero-order valence-electron chi connectivity index (χ0n) is 19.8. The van der Waals surface area contributed by atoms with E-state index in [-0.39, 0.29) is 6.04 Å². The maximum Gasteiger partial charge on any atom is 0.416 e. The van der Waals surface area contributed by atoms with E-state index >= 15 is 0 Å². The zero-order chi connectivity index (χ0) is 25.1. The highest BCUT2D eigenvalue weighted by atomic mass is 35.5. The van der Waals surface area contributed by atoms with Gasteiger partial charge in [0.15, 0.2) is 0 Å². The van der Waals surface area contributed by atoms with Crippen LogP contribution in [0.4, 0.5) is 4.79 Å². The molecule has 36 heavy (non-hydrogen) atoms. The average molecular weight is 525 g/mol. The second-order valence-corrected chi connectivity index (χ2v) is 9.36. The number of H-pyrrole nitrogens is 1. The van der Waals surface area contributed by atoms with Crippen LogP contribution in [0.15, 0.2) is 66.7 Å². The molecule has 0 aliphatic carbocycles. The molecule has 0 radical (unpaired) electrons. The van der Waals surface area contributed by atoms with E-state index in [1.54, 1.807) is 29.2 Å². The van der Waals surface area contributed by atoms with Crippen LogP contribution in [-0.2, 0) is 11.2 Å². The molecule has 0 unspecified atom stereocenters. The standard InChI is InChI=1S/C28H26Cl2N2O4/c1-2-34-15-16-35-21-8-3-18(4-9-21)27-26-23(24-17-20(30)7-12-25(24)31-26)13-14-32(27)28(33)36-22-10-5-19(29)6-11-22/h3-12,17,27,31H,2,13-16H2,1H3/t27-/m0/s1. The van der Waals surface area contributed by atoms with Gasteiger partial charge in [0.2, 0.25) is 0 Å². The molecule has 3 aromatic carbocycles. The fourth-order valence-corrected chi connectivity index (χ4v) is 4.87. The first-order valence-corrected chi connectivity index (χ1v) is 12.6. The highest BCUT2D eigenvalue weighted by molar-refractivity contribution is 6.31. The number of hydrogen-bond donors (Lipinski definition) is 1. The number of benzene rings is 3. The fraction of sp³-hybridized carbons (Fsp3) is 0.250. The first kappa shape index (κ1) is 24.5. The lowest BCUT2D eigenvalue weighted by Crippen LogP contribution is -2.42. The first-order chi connectivity index (χ1) is 17.5. The minimum atomic E-state index is -0.429. The van der Waals surface area contributed by atoms with Gasteiger partial charge in [0.05, 0.1) is 6.61 Å². The Labute approximate surface area is 219 Å². The predicted molar refractivity (Wildman–Crippen MR) is 141 cm³/mol. The Bertz CT molecular complexity index is 1350. The van der Waals surface area contributed by atoms with Crippen molar-refractivity contribution in [2.24, 2.45) is 0 Å². The van der Waals surface area contributed by atoms with Crippen LogP contribution in [0.5, 0.6) is 11.5 Å². The summed E-state index contributed by atoms with van der Waals surface area (Å²) in [6.45, 7) is 4.12. The SMILES string of the molecule is CCOCCOc1ccc([C@H]2c3[nH]c4ccc(Cl)cc4c3CCN2C(=O)Oc2ccc(Cl)cc2)cc1. The molecule has 5 rings (SSSR count). The van der Waals surface area contributed by atoms with Crippen LogP contribution < -0.4 is 9.47 Å². The third-order valence-corrected chi connectivity index (χ3v) is 6.73. The first-order valence-electron chi connectivity index (χ1n) is 11.9. The third-order valence-electron chi connectivity index (χ3n) is 6.24. The molecule has 0 saturated heterocycles. The second kappa shape index (κ2) is 10.8. The van der Waals surface area contributed by atoms with Crippen LogP contribution in [0, 0.1) is 0 Å². The van der Waals surface area contributed by atoms with Crippen molar-refractivity contribution in [2.45, 2.75) is 19.4 Å². The van der Waals surface area contributed by atoms with Gasteiger partial charge in [0.25, 0.3) is 0 Å². The summed E-state index contributed by atoms with van der Waals surface area (Å²) in [7, 11) is 0. The quantitative estimate of drug-likeness (QED) is 0.263. The van der Waals surface area contributed by atoms with Crippen LogP contribution in [-0.4, -0.2) is 42.3 Å². The Balaban J connectivity index is 1.47. The molecule has 0 fully saturated rings. The fourth-order valence-electron chi connectivity index (χ4n) is 4.58. The summed E-state index contributed by atoms with van der Waals surface area (Å²) in [6, 6.07) is 20.0. The van der Waals surface area contributed by atoms with Crippen molar-refractivity contribution in [1.82, 2.24) is 9.88 Å². The smallest absolute Gasteiger partial charge is 0.416 e. The molecule has 0 saturated carbocycles. The number of amides is 1. The van der Waals surface area contributed by atoms with Gasteiger partial charge in [-0.3, -0.25) is 4.90 Å². The number of nitrogens with one attached hydrogen (secondary N) is 1. The Kier molecular flexibility index (Phi) is 7.37. The second-order valence-electron chi connectivity index (χ2n) is 8.49. The maximum absolute atomic E-state index is 13.4. The number of ether oxygens (including phenoxy) is 3. The van der Waals surface area contributed by atoms with Crippen LogP contribution in [0.2, 0.25) is 10.0 Å². The lowest BCUT2D eigenvalue weighted by molar-refractivity contribution is 0.110. The van der Waals surface area contributed by atoms with E-state index in [9.17, 15) is 4.79 Å². The number of hydrogen-bond acceptors (Lipinski definition) is 4. The van der Waals surface area contributed by atoms with E-state index in [0.717, 1.165) is 33.5 Å². The molecule has 6 nitrogen and oxygen atoms in total. The average Bonchev–Trinajstić information content (AvgIpc) is 3.25. The van der Waals surface area contributed by atoms with Gasteiger partial charge in [-0.25, -0.2) is 4.79 Å². The van der Waals surface area contributed by atoms with Gasteiger partial charge in [-0.05, 0) is 79.1 Å². The topological polar surface area (TPSA) is 63.8 Å². The summed E-state index contributed by atoms with van der Waals surface area (Å²) >= 11 is 12.3. The summed E-state index contributed by atoms with van der Waals surface area (Å²) in [5.41, 5.74) is 4.04. The molecule has 1 aliphatic heterocycles. The maximum atomic E-state index is 13.4. The molecule has 1 aliphatic rings. The van der Waals surface area contributed by atoms with Gasteiger partial charge in [-0.1, -0.05) is 35.3 Å². The number of rotatable bonds is 7. The molecule has 186 valence electrons. The Hall–Kier alpha value is -3.19. The van der Waals surface area contributed by atoms with Crippen molar-refractivity contribution in [3.63, 3.8) is 0 Å². The molecule has 0 bridgehead atoms. The van der Waals surface area contributed by atoms with Gasteiger partial charge in [0, 0.05) is 39.8 Å². The van der Waals surface area contributed by atoms with Gasteiger partial charge >= 0.3 is 6.09 Å². The van der Waals surface area contributed by atoms with Gasteiger partial charge < -0.3 is 19.2 Å². The normalized spacial score (nSPS) is 15.1. The largest absolute Gasteiger partial charge is 0.491 e. The summed E-state index contributed by atoms with van der Waals surface area (Å²) < 4.78 is 16.8. The van der Waals surface area contributed by atoms with E-state index in [1.807, 2.05) is 49.4 Å². The summed E-state index contributed by atoms with van der Waals surface area (Å²) in [5.74, 6) is 1.18. The van der Waals surface area contributed by atoms with Crippen molar-refractivity contribution < 1.29 is 19.0 Å². The number of carbonyl (C=O) groups is 1. The Morgan fingerprint density at radius 3 is 2.44 bits per heavy atom. The van der Waals surface area contributed by atoms with Crippen molar-refractivity contribution in [2.75, 3.05) is 26.4 Å². The Morgan fingerprint density at radius 2 is 1.69 bits per heavy atom. The highest BCUT2D eigenvalue weighted by Crippen LogP contribution is 2.40. The number of aromatic amines is 1. The van der Waals surface area contributed by atoms with E-state index < -0.39 is 6.09 Å². The van der Waals surface area contributed by atoms with Gasteiger partial charge in [0.1, 0.15) is 24.1 Å². The van der Waals surface area contributed by atoms with E-state index in [0.29, 0.717) is 48.6 Å². The van der Waals surface area contributed by atoms with E-state index in [2.05, 4.69) is 4.98 Å². The molecule has 1 N–H and O–H groups in total. The Morgan fingerprint density at radius 1 is 0.972 bits per heavy atom. The van der Waals surface area contributed by atoms with Crippen molar-refractivity contribution in [3.8, 4) is 11.5 Å². The summed E-state index contributed by atoms with van der Waals surface area (Å²) in [4.78, 5) is 18.7. The van der Waals surface area contributed by atoms with Crippen LogP contribution >= 0.6 is 23.2 Å². The van der Waals surface area contributed by atoms with E-state index in [1.165, 1.54) is 0 Å². The molecule has 8 heteroatoms. The highest BCUT2D eigenvalue weighted by Gasteiger charge is 2.35. The number of nitrogens with zero attached hydrogens (tertiary/aromatic N) is 1. The lowest BCUT2D eigenvalue weighted by atomic mass is 9.92. The molecule has 2 heterocycles. The molecule has 1 atom stereocenters. The van der Waals surface area contributed by atoms with Crippen molar-refractivity contribution >= 4 is 40.2 Å².